The van der Waals surface area contributed by atoms with Crippen LogP contribution in [0, 0.1) is 0 Å². The number of aromatic carboxylic acids is 1. The Hall–Kier alpha value is -1.69. The molecule has 2 rings (SSSR count). The van der Waals surface area contributed by atoms with Crippen LogP contribution in [0.5, 0.6) is 0 Å². The maximum atomic E-state index is 11.8. The molecule has 0 atom stereocenters. The van der Waals surface area contributed by atoms with Gasteiger partial charge in [0.15, 0.2) is 0 Å². The van der Waals surface area contributed by atoms with Gasteiger partial charge in [0.2, 0.25) is 5.91 Å². The Labute approximate surface area is 110 Å². The third-order valence-electron chi connectivity index (χ3n) is 2.99. The van der Waals surface area contributed by atoms with E-state index in [1.165, 1.54) is 6.07 Å². The van der Waals surface area contributed by atoms with Crippen LogP contribution in [0.1, 0.15) is 10.4 Å². The average molecular weight is 266 g/mol. The Morgan fingerprint density at radius 1 is 1.44 bits per heavy atom. The molecule has 1 aromatic carbocycles. The average Bonchev–Trinajstić information content (AvgIpc) is 2.35. The van der Waals surface area contributed by atoms with Gasteiger partial charge in [-0.05, 0) is 18.2 Å². The van der Waals surface area contributed by atoms with Crippen LogP contribution in [0.3, 0.4) is 0 Å². The van der Waals surface area contributed by atoms with E-state index in [-0.39, 0.29) is 18.0 Å². The van der Waals surface area contributed by atoms with Crippen LogP contribution < -0.4 is 9.80 Å². The molecule has 6 heteroatoms. The van der Waals surface area contributed by atoms with Gasteiger partial charge in [-0.1, -0.05) is 0 Å². The SMILES string of the molecule is CN1C(=O)CN(CCS)c2cc(C(=O)O)ccc21. The maximum absolute atomic E-state index is 11.8. The summed E-state index contributed by atoms with van der Waals surface area (Å²) in [4.78, 5) is 26.2. The maximum Gasteiger partial charge on any atom is 0.335 e. The lowest BCUT2D eigenvalue weighted by atomic mass is 10.1. The van der Waals surface area contributed by atoms with E-state index in [9.17, 15) is 9.59 Å². The topological polar surface area (TPSA) is 60.9 Å². The molecule has 1 heterocycles. The van der Waals surface area contributed by atoms with Crippen molar-refractivity contribution in [3.05, 3.63) is 23.8 Å². The number of carboxylic acid groups (broad SMARTS) is 1. The molecule has 0 unspecified atom stereocenters. The number of amides is 1. The number of hydrogen-bond donors (Lipinski definition) is 2. The summed E-state index contributed by atoms with van der Waals surface area (Å²) in [6.45, 7) is 0.867. The normalized spacial score (nSPS) is 14.7. The fourth-order valence-electron chi connectivity index (χ4n) is 2.00. The Bertz CT molecular complexity index is 504. The van der Waals surface area contributed by atoms with Crippen molar-refractivity contribution >= 4 is 35.9 Å². The minimum Gasteiger partial charge on any atom is -0.478 e. The second-order valence-corrected chi connectivity index (χ2v) is 4.55. The van der Waals surface area contributed by atoms with Crippen LogP contribution in [0.25, 0.3) is 0 Å². The Kier molecular flexibility index (Phi) is 3.47. The van der Waals surface area contributed by atoms with Gasteiger partial charge in [0.25, 0.3) is 0 Å². The van der Waals surface area contributed by atoms with Crippen molar-refractivity contribution < 1.29 is 14.7 Å². The number of likely N-dealkylation sites (N-methyl/N-ethyl adjacent to an activating group) is 1. The van der Waals surface area contributed by atoms with Crippen molar-refractivity contribution in [1.29, 1.82) is 0 Å². The zero-order chi connectivity index (χ0) is 13.3. The predicted molar refractivity (Wildman–Crippen MR) is 72.9 cm³/mol. The summed E-state index contributed by atoms with van der Waals surface area (Å²) in [5.41, 5.74) is 1.73. The number of anilines is 2. The highest BCUT2D eigenvalue weighted by Gasteiger charge is 2.26. The van der Waals surface area contributed by atoms with E-state index < -0.39 is 5.97 Å². The first-order valence-electron chi connectivity index (χ1n) is 5.54. The van der Waals surface area contributed by atoms with Gasteiger partial charge in [-0.3, -0.25) is 4.79 Å². The second-order valence-electron chi connectivity index (χ2n) is 4.11. The number of nitrogens with zero attached hydrogens (tertiary/aromatic N) is 2. The second kappa shape index (κ2) is 4.89. The molecular weight excluding hydrogens is 252 g/mol. The lowest BCUT2D eigenvalue weighted by Crippen LogP contribution is -2.44. The Balaban J connectivity index is 2.49. The van der Waals surface area contributed by atoms with Gasteiger partial charge in [0.1, 0.15) is 0 Å². The molecule has 0 saturated heterocycles. The molecule has 96 valence electrons. The van der Waals surface area contributed by atoms with Crippen molar-refractivity contribution in [2.24, 2.45) is 0 Å². The van der Waals surface area contributed by atoms with Crippen molar-refractivity contribution in [1.82, 2.24) is 0 Å². The van der Waals surface area contributed by atoms with E-state index in [2.05, 4.69) is 12.6 Å². The van der Waals surface area contributed by atoms with Crippen molar-refractivity contribution in [2.75, 3.05) is 35.7 Å². The van der Waals surface area contributed by atoms with Crippen LogP contribution in [-0.2, 0) is 4.79 Å². The summed E-state index contributed by atoms with van der Waals surface area (Å²) in [5.74, 6) is -0.371. The van der Waals surface area contributed by atoms with Gasteiger partial charge in [-0.25, -0.2) is 4.79 Å². The highest BCUT2D eigenvalue weighted by Crippen LogP contribution is 2.33. The Morgan fingerprint density at radius 2 is 2.17 bits per heavy atom. The molecule has 18 heavy (non-hydrogen) atoms. The number of rotatable bonds is 3. The quantitative estimate of drug-likeness (QED) is 0.804. The van der Waals surface area contributed by atoms with E-state index in [1.807, 2.05) is 4.90 Å². The zero-order valence-corrected chi connectivity index (χ0v) is 10.9. The summed E-state index contributed by atoms with van der Waals surface area (Å²) in [6.07, 6.45) is 0. The van der Waals surface area contributed by atoms with Gasteiger partial charge in [-0.15, -0.1) is 0 Å². The van der Waals surface area contributed by atoms with Gasteiger partial charge >= 0.3 is 5.97 Å². The first kappa shape index (κ1) is 12.8. The van der Waals surface area contributed by atoms with E-state index in [4.69, 9.17) is 5.11 Å². The van der Waals surface area contributed by atoms with Crippen molar-refractivity contribution in [2.45, 2.75) is 0 Å². The number of benzene rings is 1. The van der Waals surface area contributed by atoms with Crippen LogP contribution >= 0.6 is 12.6 Å². The molecule has 0 aromatic heterocycles. The minimum atomic E-state index is -0.969. The van der Waals surface area contributed by atoms with Crippen molar-refractivity contribution in [3.63, 3.8) is 0 Å². The molecule has 1 aromatic rings. The van der Waals surface area contributed by atoms with Crippen LogP contribution in [0.4, 0.5) is 11.4 Å². The molecule has 1 aliphatic rings. The molecule has 0 spiro atoms. The summed E-state index contributed by atoms with van der Waals surface area (Å²) < 4.78 is 0. The summed E-state index contributed by atoms with van der Waals surface area (Å²) >= 11 is 4.16. The lowest BCUT2D eigenvalue weighted by Gasteiger charge is -2.35. The van der Waals surface area contributed by atoms with Crippen molar-refractivity contribution in [3.8, 4) is 0 Å². The number of fused-ring (bicyclic) bond motifs is 1. The third-order valence-corrected chi connectivity index (χ3v) is 3.19. The fraction of sp³-hybridized carbons (Fsp3) is 0.333. The van der Waals surface area contributed by atoms with E-state index in [1.54, 1.807) is 24.1 Å². The highest BCUT2D eigenvalue weighted by atomic mass is 32.1. The minimum absolute atomic E-state index is 0.00708. The molecule has 1 aliphatic heterocycles. The van der Waals surface area contributed by atoms with Gasteiger partial charge < -0.3 is 14.9 Å². The molecule has 0 bridgehead atoms. The van der Waals surface area contributed by atoms with E-state index in [0.717, 1.165) is 11.4 Å². The number of carbonyl (C=O) groups excluding carboxylic acids is 1. The van der Waals surface area contributed by atoms with Crippen LogP contribution in [-0.4, -0.2) is 42.9 Å². The summed E-state index contributed by atoms with van der Waals surface area (Å²) in [6, 6.07) is 4.78. The smallest absolute Gasteiger partial charge is 0.335 e. The molecule has 0 radical (unpaired) electrons. The first-order valence-corrected chi connectivity index (χ1v) is 6.17. The van der Waals surface area contributed by atoms with Crippen LogP contribution in [0.2, 0.25) is 0 Å². The number of hydrogen-bond acceptors (Lipinski definition) is 4. The third kappa shape index (κ3) is 2.15. The summed E-state index contributed by atoms with van der Waals surface area (Å²) in [7, 11) is 1.69. The molecule has 0 aliphatic carbocycles. The molecular formula is C12H14N2O3S. The van der Waals surface area contributed by atoms with Crippen LogP contribution in [0.15, 0.2) is 18.2 Å². The highest BCUT2D eigenvalue weighted by molar-refractivity contribution is 7.80. The molecule has 1 N–H and O–H groups in total. The van der Waals surface area contributed by atoms with Gasteiger partial charge in [0, 0.05) is 19.3 Å². The monoisotopic (exact) mass is 266 g/mol. The number of thiol groups is 1. The standard InChI is InChI=1S/C12H14N2O3S/c1-13-9-3-2-8(12(16)17)6-10(9)14(4-5-18)7-11(13)15/h2-3,6,18H,4-5,7H2,1H3,(H,16,17). The molecule has 0 saturated carbocycles. The Morgan fingerprint density at radius 3 is 2.78 bits per heavy atom. The van der Waals surface area contributed by atoms with E-state index >= 15 is 0 Å². The molecule has 1 amide bonds. The number of carboxylic acids is 1. The molecule has 0 fully saturated rings. The lowest BCUT2D eigenvalue weighted by molar-refractivity contribution is -0.117. The van der Waals surface area contributed by atoms with Gasteiger partial charge in [0.05, 0.1) is 23.5 Å². The number of carbonyl (C=O) groups is 2. The van der Waals surface area contributed by atoms with E-state index in [0.29, 0.717) is 12.3 Å². The summed E-state index contributed by atoms with van der Waals surface area (Å²) in [5, 5.41) is 9.01. The fourth-order valence-corrected chi connectivity index (χ4v) is 2.24. The van der Waals surface area contributed by atoms with Gasteiger partial charge in [-0.2, -0.15) is 12.6 Å². The largest absolute Gasteiger partial charge is 0.478 e. The first-order chi connectivity index (χ1) is 8.54. The predicted octanol–water partition coefficient (Wildman–Crippen LogP) is 1.10. The molecule has 5 nitrogen and oxygen atoms in total. The zero-order valence-electron chi connectivity index (χ0n) is 9.96.